The molecule has 0 radical (unpaired) electrons. The number of benzene rings is 2. The van der Waals surface area contributed by atoms with Gasteiger partial charge in [0.2, 0.25) is 5.95 Å². The molecule has 6 nitrogen and oxygen atoms in total. The third-order valence-corrected chi connectivity index (χ3v) is 4.12. The van der Waals surface area contributed by atoms with Gasteiger partial charge in [-0.2, -0.15) is 4.98 Å². The van der Waals surface area contributed by atoms with Crippen LogP contribution in [0.25, 0.3) is 0 Å². The maximum Gasteiger partial charge on any atom is 0.229 e. The first-order valence-corrected chi connectivity index (χ1v) is 8.53. The van der Waals surface area contributed by atoms with Crippen molar-refractivity contribution in [1.82, 2.24) is 9.97 Å². The largest absolute Gasteiger partial charge is 0.340 e. The van der Waals surface area contributed by atoms with E-state index in [0.29, 0.717) is 28.0 Å². The molecule has 9 heteroatoms. The smallest absolute Gasteiger partial charge is 0.229 e. The van der Waals surface area contributed by atoms with Gasteiger partial charge >= 0.3 is 0 Å². The fourth-order valence-electron chi connectivity index (χ4n) is 1.99. The van der Waals surface area contributed by atoms with Crippen molar-refractivity contribution in [2.75, 3.05) is 10.6 Å². The molecule has 0 bridgehead atoms. The van der Waals surface area contributed by atoms with Crippen molar-refractivity contribution in [3.05, 3.63) is 65.6 Å². The predicted octanol–water partition coefficient (Wildman–Crippen LogP) is 4.34. The van der Waals surface area contributed by atoms with Gasteiger partial charge in [0, 0.05) is 17.6 Å². The van der Waals surface area contributed by atoms with E-state index >= 15 is 0 Å². The molecule has 1 aromatic heterocycles. The average molecular weight is 379 g/mol. The summed E-state index contributed by atoms with van der Waals surface area (Å²) in [6.45, 7) is 0. The van der Waals surface area contributed by atoms with Crippen molar-refractivity contribution in [1.29, 1.82) is 0 Å². The summed E-state index contributed by atoms with van der Waals surface area (Å²) in [5.74, 6) is 0.328. The fraction of sp³-hybridized carbons (Fsp3) is 0. The summed E-state index contributed by atoms with van der Waals surface area (Å²) in [4.78, 5) is 8.70. The van der Waals surface area contributed by atoms with Crippen molar-refractivity contribution >= 4 is 45.8 Å². The Labute approximate surface area is 150 Å². The molecular formula is C16H12ClFN4O2S. The summed E-state index contributed by atoms with van der Waals surface area (Å²) in [5, 5.41) is 6.01. The zero-order chi connectivity index (χ0) is 17.8. The van der Waals surface area contributed by atoms with E-state index in [0.717, 1.165) is 0 Å². The Hall–Kier alpha value is -2.55. The van der Waals surface area contributed by atoms with Crippen LogP contribution < -0.4 is 10.6 Å². The lowest BCUT2D eigenvalue weighted by Crippen LogP contribution is -2.00. The average Bonchev–Trinajstić information content (AvgIpc) is 2.59. The zero-order valence-corrected chi connectivity index (χ0v) is 14.2. The minimum Gasteiger partial charge on any atom is -0.340 e. The van der Waals surface area contributed by atoms with Gasteiger partial charge in [-0.15, -0.1) is 0 Å². The van der Waals surface area contributed by atoms with E-state index in [4.69, 9.17) is 16.2 Å². The predicted molar refractivity (Wildman–Crippen MR) is 95.5 cm³/mol. The first-order valence-electron chi connectivity index (χ1n) is 7.04. The number of rotatable bonds is 5. The van der Waals surface area contributed by atoms with E-state index in [1.165, 1.54) is 24.3 Å². The number of nitrogens with zero attached hydrogens (tertiary/aromatic N) is 2. The second kappa shape index (κ2) is 7.56. The maximum absolute atomic E-state index is 13.2. The topological polar surface area (TPSA) is 87.1 Å². The SMILES string of the molecule is O=S(O)c1ccc(Nc2nccc(Nc3ccc(F)c(Cl)c3)n2)cc1. The lowest BCUT2D eigenvalue weighted by molar-refractivity contribution is 0.564. The standard InChI is InChI=1S/C16H12ClFN4O2S/c17-13-9-11(3-6-14(13)18)20-15-7-8-19-16(22-15)21-10-1-4-12(5-2-10)25(23)24/h1-9H,(H,23,24)(H2,19,20,21,22). The van der Waals surface area contributed by atoms with Gasteiger partial charge in [0.25, 0.3) is 0 Å². The summed E-state index contributed by atoms with van der Waals surface area (Å²) in [6, 6.07) is 12.3. The summed E-state index contributed by atoms with van der Waals surface area (Å²) in [7, 11) is 0. The van der Waals surface area contributed by atoms with Crippen molar-refractivity contribution in [3.63, 3.8) is 0 Å². The minimum absolute atomic E-state index is 0.0127. The summed E-state index contributed by atoms with van der Waals surface area (Å²) < 4.78 is 33.2. The van der Waals surface area contributed by atoms with Crippen molar-refractivity contribution in [2.24, 2.45) is 0 Å². The molecule has 0 aliphatic heterocycles. The molecule has 128 valence electrons. The number of halogens is 2. The summed E-state index contributed by atoms with van der Waals surface area (Å²) in [6.07, 6.45) is 1.56. The third kappa shape index (κ3) is 4.50. The number of hydrogen-bond acceptors (Lipinski definition) is 5. The van der Waals surface area contributed by atoms with Gasteiger partial charge < -0.3 is 15.2 Å². The first kappa shape index (κ1) is 17.3. The van der Waals surface area contributed by atoms with Gasteiger partial charge in [0.1, 0.15) is 11.6 Å². The monoisotopic (exact) mass is 378 g/mol. The van der Waals surface area contributed by atoms with E-state index < -0.39 is 16.9 Å². The van der Waals surface area contributed by atoms with Crippen LogP contribution in [0.2, 0.25) is 5.02 Å². The molecule has 1 unspecified atom stereocenters. The van der Waals surface area contributed by atoms with Crippen LogP contribution >= 0.6 is 11.6 Å². The summed E-state index contributed by atoms with van der Waals surface area (Å²) >= 11 is 3.73. The van der Waals surface area contributed by atoms with Crippen molar-refractivity contribution < 1.29 is 13.2 Å². The first-order chi connectivity index (χ1) is 12.0. The zero-order valence-electron chi connectivity index (χ0n) is 12.6. The molecule has 0 saturated heterocycles. The Bertz CT molecular complexity index is 924. The Balaban J connectivity index is 1.74. The molecule has 0 amide bonds. The maximum atomic E-state index is 13.2. The van der Waals surface area contributed by atoms with E-state index in [-0.39, 0.29) is 5.02 Å². The minimum atomic E-state index is -2.02. The van der Waals surface area contributed by atoms with Crippen LogP contribution in [0.3, 0.4) is 0 Å². The van der Waals surface area contributed by atoms with Crippen LogP contribution in [0.4, 0.5) is 27.5 Å². The second-order valence-electron chi connectivity index (χ2n) is 4.92. The molecule has 3 aromatic rings. The molecule has 2 aromatic carbocycles. The number of anilines is 4. The lowest BCUT2D eigenvalue weighted by Gasteiger charge is -2.09. The molecule has 0 aliphatic carbocycles. The van der Waals surface area contributed by atoms with Gasteiger partial charge in [-0.3, -0.25) is 0 Å². The highest BCUT2D eigenvalue weighted by Crippen LogP contribution is 2.23. The van der Waals surface area contributed by atoms with Gasteiger partial charge in [-0.25, -0.2) is 13.6 Å². The highest BCUT2D eigenvalue weighted by molar-refractivity contribution is 7.79. The van der Waals surface area contributed by atoms with Crippen molar-refractivity contribution in [3.8, 4) is 0 Å². The van der Waals surface area contributed by atoms with Crippen LogP contribution in [0.1, 0.15) is 0 Å². The van der Waals surface area contributed by atoms with Gasteiger partial charge in [0.05, 0.1) is 9.92 Å². The van der Waals surface area contributed by atoms with Crippen LogP contribution in [0, 0.1) is 5.82 Å². The molecule has 0 fully saturated rings. The van der Waals surface area contributed by atoms with Crippen LogP contribution in [-0.2, 0) is 11.1 Å². The lowest BCUT2D eigenvalue weighted by atomic mass is 10.3. The third-order valence-electron chi connectivity index (χ3n) is 3.16. The van der Waals surface area contributed by atoms with E-state index in [1.807, 2.05) is 0 Å². The quantitative estimate of drug-likeness (QED) is 0.572. The van der Waals surface area contributed by atoms with Gasteiger partial charge in [0.15, 0.2) is 11.1 Å². The number of nitrogens with one attached hydrogen (secondary N) is 2. The van der Waals surface area contributed by atoms with Crippen LogP contribution in [0.5, 0.6) is 0 Å². The molecule has 25 heavy (non-hydrogen) atoms. The molecule has 0 saturated carbocycles. The normalized spacial score (nSPS) is 11.8. The molecule has 0 spiro atoms. The molecule has 1 heterocycles. The van der Waals surface area contributed by atoms with Crippen molar-refractivity contribution in [2.45, 2.75) is 4.90 Å². The Morgan fingerprint density at radius 1 is 1.04 bits per heavy atom. The van der Waals surface area contributed by atoms with E-state index in [9.17, 15) is 8.60 Å². The molecule has 3 rings (SSSR count). The summed E-state index contributed by atoms with van der Waals surface area (Å²) in [5.41, 5.74) is 1.25. The van der Waals surface area contributed by atoms with E-state index in [2.05, 4.69) is 20.6 Å². The number of hydrogen-bond donors (Lipinski definition) is 3. The number of aromatic nitrogens is 2. The molecule has 3 N–H and O–H groups in total. The highest BCUT2D eigenvalue weighted by atomic mass is 35.5. The van der Waals surface area contributed by atoms with E-state index in [1.54, 1.807) is 30.5 Å². The van der Waals surface area contributed by atoms with Crippen LogP contribution in [-0.4, -0.2) is 18.7 Å². The molecule has 0 aliphatic rings. The molecular weight excluding hydrogens is 367 g/mol. The second-order valence-corrected chi connectivity index (χ2v) is 6.29. The van der Waals surface area contributed by atoms with Crippen LogP contribution in [0.15, 0.2) is 59.6 Å². The Kier molecular flexibility index (Phi) is 5.22. The highest BCUT2D eigenvalue weighted by Gasteiger charge is 2.05. The van der Waals surface area contributed by atoms with Gasteiger partial charge in [-0.05, 0) is 48.5 Å². The fourth-order valence-corrected chi connectivity index (χ4v) is 2.54. The Morgan fingerprint density at radius 3 is 2.44 bits per heavy atom. The van der Waals surface area contributed by atoms with Gasteiger partial charge in [-0.1, -0.05) is 11.6 Å². The molecule has 1 atom stereocenters. The Morgan fingerprint density at radius 2 is 1.76 bits per heavy atom.